The summed E-state index contributed by atoms with van der Waals surface area (Å²) in [6.45, 7) is 1.11. The third-order valence-electron chi connectivity index (χ3n) is 2.36. The molecule has 0 fully saturated rings. The molecule has 1 aromatic rings. The lowest BCUT2D eigenvalue weighted by atomic mass is 10.1. The average Bonchev–Trinajstić information content (AvgIpc) is 2.37. The van der Waals surface area contributed by atoms with Crippen molar-refractivity contribution in [1.29, 1.82) is 0 Å². The van der Waals surface area contributed by atoms with Gasteiger partial charge in [0.05, 0.1) is 27.7 Å². The fraction of sp³-hybridized carbons (Fsp3) is 0.500. The van der Waals surface area contributed by atoms with Crippen molar-refractivity contribution in [2.75, 3.05) is 34.3 Å². The van der Waals surface area contributed by atoms with Gasteiger partial charge in [0.1, 0.15) is 6.54 Å². The van der Waals surface area contributed by atoms with Crippen molar-refractivity contribution in [3.63, 3.8) is 0 Å². The third kappa shape index (κ3) is 9.44. The molecule has 0 bridgehead atoms. The van der Waals surface area contributed by atoms with E-state index >= 15 is 0 Å². The van der Waals surface area contributed by atoms with Crippen molar-refractivity contribution in [2.45, 2.75) is 10.7 Å². The fourth-order valence-corrected chi connectivity index (χ4v) is 2.29. The van der Waals surface area contributed by atoms with Crippen LogP contribution in [0.4, 0.5) is 0 Å². The molecule has 0 amide bonds. The van der Waals surface area contributed by atoms with Crippen LogP contribution in [0.3, 0.4) is 0 Å². The fourth-order valence-electron chi connectivity index (χ4n) is 1.33. The number of carbonyl (C=O) groups excluding carboxylic acids is 1. The summed E-state index contributed by atoms with van der Waals surface area (Å²) in [7, 11) is 6.16. The first-order valence-corrected chi connectivity index (χ1v) is 9.41. The van der Waals surface area contributed by atoms with Gasteiger partial charge in [-0.1, -0.05) is 37.9 Å². The van der Waals surface area contributed by atoms with E-state index in [9.17, 15) is 4.79 Å². The normalized spacial score (nSPS) is 10.8. The van der Waals surface area contributed by atoms with Crippen molar-refractivity contribution in [3.8, 4) is 0 Å². The van der Waals surface area contributed by atoms with E-state index in [1.54, 1.807) is 22.6 Å². The van der Waals surface area contributed by atoms with Gasteiger partial charge in [-0.25, -0.2) is 0 Å². The largest absolute Gasteiger partial charge is 0.391 e. The monoisotopic (exact) mass is 520 g/mol. The maximum atomic E-state index is 11.1. The summed E-state index contributed by atoms with van der Waals surface area (Å²) in [5.74, 6) is 0. The predicted molar refractivity (Wildman–Crippen MR) is 100 cm³/mol. The molecule has 6 heteroatoms. The van der Waals surface area contributed by atoms with Gasteiger partial charge in [-0.05, 0) is 23.3 Å². The van der Waals surface area contributed by atoms with Gasteiger partial charge in [-0.2, -0.15) is 0 Å². The van der Waals surface area contributed by atoms with Gasteiger partial charge in [-0.15, -0.1) is 0 Å². The first-order chi connectivity index (χ1) is 9.23. The molecule has 1 aromatic carbocycles. The Bertz CT molecular complexity index is 411. The number of nitrogens with zero attached hydrogens (tertiary/aromatic N) is 1. The van der Waals surface area contributed by atoms with Crippen LogP contribution in [0.25, 0.3) is 0 Å². The number of carbonyl (C=O) groups is 1. The van der Waals surface area contributed by atoms with E-state index in [4.69, 9.17) is 5.11 Å². The van der Waals surface area contributed by atoms with Crippen molar-refractivity contribution in [3.05, 3.63) is 34.9 Å². The van der Waals surface area contributed by atoms with Crippen LogP contribution in [0, 0.1) is 0 Å². The molecule has 114 valence electrons. The van der Waals surface area contributed by atoms with Crippen molar-refractivity contribution >= 4 is 58.2 Å². The number of benzene rings is 1. The molecule has 3 nitrogen and oxygen atoms in total. The topological polar surface area (TPSA) is 37.3 Å². The third-order valence-corrected chi connectivity index (χ3v) is 4.28. The molecule has 20 heavy (non-hydrogen) atoms. The van der Waals surface area contributed by atoms with Gasteiger partial charge >= 0.3 is 0 Å². The van der Waals surface area contributed by atoms with Gasteiger partial charge in [0.25, 0.3) is 0 Å². The molecular formula is C14H21Br2INO2+. The van der Waals surface area contributed by atoms with E-state index in [0.717, 1.165) is 38.4 Å². The van der Waals surface area contributed by atoms with Crippen molar-refractivity contribution in [2.24, 2.45) is 0 Å². The highest BCUT2D eigenvalue weighted by Gasteiger charge is 2.04. The number of halogens is 3. The lowest BCUT2D eigenvalue weighted by Crippen LogP contribution is -2.36. The smallest absolute Gasteiger partial charge is 0.222 e. The Hall–Kier alpha value is 0.500. The summed E-state index contributed by atoms with van der Waals surface area (Å²) < 4.78 is 0.929. The number of alkyl halides is 2. The van der Waals surface area contributed by atoms with Gasteiger partial charge in [0.15, 0.2) is 0 Å². The first-order valence-electron chi connectivity index (χ1n) is 6.09. The summed E-state index contributed by atoms with van der Waals surface area (Å²) in [6, 6.07) is 5.90. The van der Waals surface area contributed by atoms with Gasteiger partial charge in [0.2, 0.25) is 3.79 Å². The lowest BCUT2D eigenvalue weighted by Gasteiger charge is -2.21. The quantitative estimate of drug-likeness (QED) is 0.277. The second-order valence-electron chi connectivity index (χ2n) is 5.32. The second-order valence-corrected chi connectivity index (χ2v) is 7.42. The molecule has 0 aliphatic rings. The standard InChI is InChI=1S/C9H7Br2IO.C5H14NO/c10-4-6-1-7(5-11)3-8(2-6)9(12)13;1-6(2,3)4-5-7/h1-3H,4-5H2;7H,4-5H2,1-3H3/q;+1. The number of rotatable bonds is 5. The highest BCUT2D eigenvalue weighted by atomic mass is 127. The van der Waals surface area contributed by atoms with E-state index in [1.807, 2.05) is 12.1 Å². The van der Waals surface area contributed by atoms with Crippen molar-refractivity contribution in [1.82, 2.24) is 0 Å². The minimum atomic E-state index is 0.0857. The highest BCUT2D eigenvalue weighted by molar-refractivity contribution is 14.1. The van der Waals surface area contributed by atoms with Crippen molar-refractivity contribution < 1.29 is 14.4 Å². The van der Waals surface area contributed by atoms with E-state index in [0.29, 0.717) is 0 Å². The Morgan fingerprint density at radius 3 is 1.80 bits per heavy atom. The molecule has 0 atom stereocenters. The van der Waals surface area contributed by atoms with Gasteiger partial charge in [0, 0.05) is 38.8 Å². The minimum Gasteiger partial charge on any atom is -0.391 e. The molecular weight excluding hydrogens is 501 g/mol. The van der Waals surface area contributed by atoms with Crippen LogP contribution in [0.15, 0.2) is 18.2 Å². The number of hydrogen-bond acceptors (Lipinski definition) is 2. The van der Waals surface area contributed by atoms with E-state index in [2.05, 4.69) is 59.1 Å². The number of likely N-dealkylation sites (N-methyl/N-ethyl adjacent to an activating group) is 1. The molecule has 0 aliphatic carbocycles. The summed E-state index contributed by atoms with van der Waals surface area (Å²) in [5.41, 5.74) is 3.04. The van der Waals surface area contributed by atoms with E-state index < -0.39 is 0 Å². The SMILES string of the molecule is C[N+](C)(C)CCO.O=C(I)c1cc(CBr)cc(CBr)c1. The summed E-state index contributed by atoms with van der Waals surface area (Å²) in [5, 5.41) is 9.95. The molecule has 0 unspecified atom stereocenters. The van der Waals surface area contributed by atoms with Crippen LogP contribution in [0.2, 0.25) is 0 Å². The van der Waals surface area contributed by atoms with Crippen LogP contribution >= 0.6 is 54.5 Å². The molecule has 0 spiro atoms. The van der Waals surface area contributed by atoms with E-state index in [1.165, 1.54) is 0 Å². The van der Waals surface area contributed by atoms with Crippen LogP contribution in [-0.4, -0.2) is 47.7 Å². The molecule has 1 N–H and O–H groups in total. The Balaban J connectivity index is 0.000000441. The predicted octanol–water partition coefficient (Wildman–Crippen LogP) is 3.74. The zero-order valence-electron chi connectivity index (χ0n) is 12.0. The van der Waals surface area contributed by atoms with E-state index in [-0.39, 0.29) is 10.4 Å². The zero-order valence-corrected chi connectivity index (χ0v) is 17.3. The molecule has 0 saturated carbocycles. The van der Waals surface area contributed by atoms with Crippen LogP contribution in [0.5, 0.6) is 0 Å². The van der Waals surface area contributed by atoms with Crippen LogP contribution in [-0.2, 0) is 10.7 Å². The Labute approximate surface area is 151 Å². The highest BCUT2D eigenvalue weighted by Crippen LogP contribution is 2.17. The maximum absolute atomic E-state index is 11.1. The molecule has 0 aliphatic heterocycles. The van der Waals surface area contributed by atoms with Gasteiger partial charge in [-0.3, -0.25) is 4.79 Å². The summed E-state index contributed by atoms with van der Waals surface area (Å²) >= 11 is 8.55. The van der Waals surface area contributed by atoms with Gasteiger partial charge < -0.3 is 9.59 Å². The molecule has 0 radical (unpaired) electrons. The number of aliphatic hydroxyl groups excluding tert-OH is 1. The zero-order chi connectivity index (χ0) is 15.8. The number of hydrogen-bond donors (Lipinski definition) is 1. The lowest BCUT2D eigenvalue weighted by molar-refractivity contribution is -0.870. The number of aliphatic hydroxyl groups is 1. The second kappa shape index (κ2) is 10.3. The Kier molecular flexibility index (Phi) is 10.5. The molecule has 0 saturated heterocycles. The van der Waals surface area contributed by atoms with Crippen LogP contribution < -0.4 is 0 Å². The number of quaternary nitrogens is 1. The van der Waals surface area contributed by atoms with Crippen LogP contribution in [0.1, 0.15) is 21.5 Å². The average molecular weight is 522 g/mol. The molecule has 0 aromatic heterocycles. The summed E-state index contributed by atoms with van der Waals surface area (Å²) in [6.07, 6.45) is 0. The molecule has 1 rings (SSSR count). The Morgan fingerprint density at radius 1 is 1.15 bits per heavy atom. The minimum absolute atomic E-state index is 0.0857. The summed E-state index contributed by atoms with van der Waals surface area (Å²) in [4.78, 5) is 11.1. The Morgan fingerprint density at radius 2 is 1.60 bits per heavy atom. The maximum Gasteiger partial charge on any atom is 0.222 e. The molecule has 0 heterocycles. The first kappa shape index (κ1) is 20.5.